The van der Waals surface area contributed by atoms with Gasteiger partial charge >= 0.3 is 0 Å². The third-order valence-electron chi connectivity index (χ3n) is 4.33. The minimum absolute atomic E-state index is 0.711. The van der Waals surface area contributed by atoms with Gasteiger partial charge in [0.25, 0.3) is 0 Å². The van der Waals surface area contributed by atoms with Gasteiger partial charge in [0.2, 0.25) is 0 Å². The minimum atomic E-state index is 0.711. The van der Waals surface area contributed by atoms with Crippen molar-refractivity contribution in [2.24, 2.45) is 0 Å². The van der Waals surface area contributed by atoms with Crippen LogP contribution in [-0.2, 0) is 0 Å². The van der Waals surface area contributed by atoms with Crippen molar-refractivity contribution < 1.29 is 9.47 Å². The van der Waals surface area contributed by atoms with Crippen molar-refractivity contribution in [3.05, 3.63) is 41.6 Å². The molecule has 0 fully saturated rings. The van der Waals surface area contributed by atoms with E-state index >= 15 is 0 Å². The molecule has 1 aromatic carbocycles. The zero-order valence-electron chi connectivity index (χ0n) is 14.7. The molecular formula is C19H20N4O2. The van der Waals surface area contributed by atoms with Gasteiger partial charge in [-0.1, -0.05) is 0 Å². The van der Waals surface area contributed by atoms with Crippen molar-refractivity contribution in [1.29, 1.82) is 0 Å². The van der Waals surface area contributed by atoms with E-state index in [1.165, 1.54) is 5.56 Å². The molecule has 1 aromatic heterocycles. The summed E-state index contributed by atoms with van der Waals surface area (Å²) in [5.74, 6) is 3.12. The fourth-order valence-electron chi connectivity index (χ4n) is 3.26. The maximum Gasteiger partial charge on any atom is 0.161 e. The molecule has 128 valence electrons. The Hall–Kier alpha value is -3.15. The van der Waals surface area contributed by atoms with Gasteiger partial charge in [-0.15, -0.1) is 0 Å². The highest BCUT2D eigenvalue weighted by Crippen LogP contribution is 2.42. The fraction of sp³-hybridized carbons (Fsp3) is 0.211. The molecule has 0 radical (unpaired) electrons. The van der Waals surface area contributed by atoms with Crippen molar-refractivity contribution >= 4 is 22.4 Å². The lowest BCUT2D eigenvalue weighted by Crippen LogP contribution is -1.96. The number of hydrogen-bond acceptors (Lipinski definition) is 4. The van der Waals surface area contributed by atoms with Crippen LogP contribution in [0.25, 0.3) is 22.0 Å². The second-order valence-electron chi connectivity index (χ2n) is 6.15. The summed E-state index contributed by atoms with van der Waals surface area (Å²) < 4.78 is 10.8. The molecule has 0 saturated carbocycles. The second kappa shape index (κ2) is 5.73. The number of fused-ring (bicyclic) bond motifs is 3. The van der Waals surface area contributed by atoms with Crippen LogP contribution in [-0.4, -0.2) is 29.4 Å². The van der Waals surface area contributed by atoms with Crippen LogP contribution in [0, 0.1) is 13.8 Å². The molecule has 25 heavy (non-hydrogen) atoms. The first kappa shape index (κ1) is 15.4. The molecule has 0 saturated heterocycles. The van der Waals surface area contributed by atoms with Crippen molar-refractivity contribution in [2.75, 3.05) is 19.5 Å². The monoisotopic (exact) mass is 336 g/mol. The van der Waals surface area contributed by atoms with E-state index in [9.17, 15) is 0 Å². The SMILES string of the molecule is COc1cc2cc3c(Nc4cc(C)cc(C)n4)[nH][nH]c-3c2cc1OC. The van der Waals surface area contributed by atoms with Crippen molar-refractivity contribution in [2.45, 2.75) is 13.8 Å². The van der Waals surface area contributed by atoms with Gasteiger partial charge in [0.15, 0.2) is 11.5 Å². The van der Waals surface area contributed by atoms with Crippen LogP contribution in [0.1, 0.15) is 11.3 Å². The van der Waals surface area contributed by atoms with Gasteiger partial charge in [-0.05, 0) is 55.1 Å². The number of aromatic amines is 2. The van der Waals surface area contributed by atoms with Gasteiger partial charge in [0, 0.05) is 16.6 Å². The first-order chi connectivity index (χ1) is 12.1. The van der Waals surface area contributed by atoms with Crippen LogP contribution in [0.2, 0.25) is 0 Å². The number of ether oxygens (including phenoxy) is 2. The number of nitrogens with one attached hydrogen (secondary N) is 3. The largest absolute Gasteiger partial charge is 0.493 e. The zero-order valence-corrected chi connectivity index (χ0v) is 14.7. The molecule has 2 aliphatic rings. The van der Waals surface area contributed by atoms with Gasteiger partial charge in [-0.3, -0.25) is 10.2 Å². The number of nitrogens with zero attached hydrogens (tertiary/aromatic N) is 1. The van der Waals surface area contributed by atoms with Gasteiger partial charge in [0.05, 0.1) is 19.9 Å². The topological polar surface area (TPSA) is 75.0 Å². The van der Waals surface area contributed by atoms with Gasteiger partial charge in [-0.25, -0.2) is 4.98 Å². The van der Waals surface area contributed by atoms with E-state index in [1.807, 2.05) is 25.1 Å². The van der Waals surface area contributed by atoms with Crippen LogP contribution in [0.3, 0.4) is 0 Å². The number of rotatable bonds is 4. The van der Waals surface area contributed by atoms with Gasteiger partial charge < -0.3 is 14.8 Å². The third kappa shape index (κ3) is 2.55. The average molecular weight is 336 g/mol. The standard InChI is InChI=1S/C19H20N4O2/c1-10-5-11(2)20-17(6-10)21-19-14-7-12-8-15(24-3)16(25-4)9-13(12)18(14)22-23-19/h5-9,22-23H,1-4H3,(H,20,21). The molecular weight excluding hydrogens is 316 g/mol. The molecule has 4 rings (SSSR count). The van der Waals surface area contributed by atoms with Gasteiger partial charge in [-0.2, -0.15) is 0 Å². The lowest BCUT2D eigenvalue weighted by molar-refractivity contribution is 0.356. The molecule has 6 nitrogen and oxygen atoms in total. The third-order valence-corrected chi connectivity index (χ3v) is 4.33. The molecule has 0 atom stereocenters. The summed E-state index contributed by atoms with van der Waals surface area (Å²) in [4.78, 5) is 4.54. The summed E-state index contributed by atoms with van der Waals surface area (Å²) in [5.41, 5.74) is 4.23. The number of H-pyrrole nitrogens is 2. The van der Waals surface area contributed by atoms with Crippen LogP contribution in [0.15, 0.2) is 30.3 Å². The molecule has 3 N–H and O–H groups in total. The zero-order chi connectivity index (χ0) is 17.6. The summed E-state index contributed by atoms with van der Waals surface area (Å²) in [6.45, 7) is 4.05. The Morgan fingerprint density at radius 3 is 2.40 bits per heavy atom. The van der Waals surface area contributed by atoms with E-state index in [2.05, 4.69) is 39.6 Å². The average Bonchev–Trinajstić information content (AvgIpc) is 3.12. The Bertz CT molecular complexity index is 1010. The van der Waals surface area contributed by atoms with E-state index in [-0.39, 0.29) is 0 Å². The number of aromatic nitrogens is 3. The molecule has 2 heterocycles. The highest BCUT2D eigenvalue weighted by molar-refractivity contribution is 6.05. The summed E-state index contributed by atoms with van der Waals surface area (Å²) in [6.07, 6.45) is 0. The Morgan fingerprint density at radius 1 is 0.920 bits per heavy atom. The molecule has 0 bridgehead atoms. The van der Waals surface area contributed by atoms with Crippen LogP contribution < -0.4 is 14.8 Å². The smallest absolute Gasteiger partial charge is 0.161 e. The van der Waals surface area contributed by atoms with Crippen LogP contribution in [0.5, 0.6) is 11.5 Å². The summed E-state index contributed by atoms with van der Waals surface area (Å²) in [6, 6.07) is 10.2. The van der Waals surface area contributed by atoms with Crippen LogP contribution in [0.4, 0.5) is 11.6 Å². The summed E-state index contributed by atoms with van der Waals surface area (Å²) in [7, 11) is 3.29. The number of anilines is 2. The lowest BCUT2D eigenvalue weighted by atomic mass is 10.2. The molecule has 6 heteroatoms. The predicted octanol–water partition coefficient (Wildman–Crippen LogP) is 4.37. The molecule has 1 aliphatic heterocycles. The summed E-state index contributed by atoms with van der Waals surface area (Å²) >= 11 is 0. The normalized spacial score (nSPS) is 11.2. The Labute approximate surface area is 145 Å². The maximum absolute atomic E-state index is 5.42. The molecule has 0 unspecified atom stereocenters. The number of methoxy groups -OCH3 is 2. The second-order valence-corrected chi connectivity index (χ2v) is 6.15. The minimum Gasteiger partial charge on any atom is -0.493 e. The Morgan fingerprint density at radius 2 is 1.68 bits per heavy atom. The predicted molar refractivity (Wildman–Crippen MR) is 99.4 cm³/mol. The molecule has 0 spiro atoms. The first-order valence-corrected chi connectivity index (χ1v) is 8.06. The first-order valence-electron chi connectivity index (χ1n) is 8.06. The highest BCUT2D eigenvalue weighted by atomic mass is 16.5. The highest BCUT2D eigenvalue weighted by Gasteiger charge is 2.19. The van der Waals surface area contributed by atoms with Crippen molar-refractivity contribution in [3.8, 4) is 22.8 Å². The number of aryl methyl sites for hydroxylation is 2. The lowest BCUT2D eigenvalue weighted by Gasteiger charge is -2.07. The molecule has 1 aliphatic carbocycles. The Balaban J connectivity index is 1.79. The van der Waals surface area contributed by atoms with E-state index in [0.717, 1.165) is 45.1 Å². The summed E-state index contributed by atoms with van der Waals surface area (Å²) in [5, 5.41) is 12.0. The molecule has 2 aromatic rings. The van der Waals surface area contributed by atoms with Crippen molar-refractivity contribution in [1.82, 2.24) is 15.2 Å². The van der Waals surface area contributed by atoms with Gasteiger partial charge in [0.1, 0.15) is 11.6 Å². The molecule has 0 amide bonds. The van der Waals surface area contributed by atoms with Crippen LogP contribution >= 0.6 is 0 Å². The number of hydrogen-bond donors (Lipinski definition) is 3. The fourth-order valence-corrected chi connectivity index (χ4v) is 3.26. The van der Waals surface area contributed by atoms with E-state index in [1.54, 1.807) is 14.2 Å². The van der Waals surface area contributed by atoms with Crippen molar-refractivity contribution in [3.63, 3.8) is 0 Å². The number of pyridine rings is 1. The van der Waals surface area contributed by atoms with E-state index < -0.39 is 0 Å². The maximum atomic E-state index is 5.42. The number of benzene rings is 1. The Kier molecular flexibility index (Phi) is 3.53. The quantitative estimate of drug-likeness (QED) is 0.517. The van der Waals surface area contributed by atoms with E-state index in [0.29, 0.717) is 5.75 Å². The van der Waals surface area contributed by atoms with E-state index in [4.69, 9.17) is 9.47 Å².